The van der Waals surface area contributed by atoms with Gasteiger partial charge in [-0.25, -0.2) is 8.42 Å². The van der Waals surface area contributed by atoms with E-state index >= 15 is 0 Å². The van der Waals surface area contributed by atoms with Gasteiger partial charge in [0.2, 0.25) is 0 Å². The molecule has 0 aliphatic rings. The van der Waals surface area contributed by atoms with Crippen LogP contribution >= 0.6 is 0 Å². The van der Waals surface area contributed by atoms with Gasteiger partial charge in [0, 0.05) is 9.43 Å². The van der Waals surface area contributed by atoms with Crippen molar-refractivity contribution in [3.05, 3.63) is 40.3 Å². The second-order valence-electron chi connectivity index (χ2n) is 6.23. The highest BCUT2D eigenvalue weighted by Crippen LogP contribution is 2.17. The first-order valence-corrected chi connectivity index (χ1v) is 10.4. The van der Waals surface area contributed by atoms with E-state index in [2.05, 4.69) is 16.4 Å². The van der Waals surface area contributed by atoms with Crippen LogP contribution in [0.25, 0.3) is 10.4 Å². The van der Waals surface area contributed by atoms with Crippen molar-refractivity contribution in [2.45, 2.75) is 82.4 Å². The van der Waals surface area contributed by atoms with Gasteiger partial charge in [0.1, 0.15) is 0 Å². The lowest BCUT2D eigenvalue weighted by atomic mass is 10.0. The van der Waals surface area contributed by atoms with Gasteiger partial charge in [-0.2, -0.15) is 0 Å². The molecule has 0 fully saturated rings. The van der Waals surface area contributed by atoms with Crippen LogP contribution in [0.1, 0.15) is 76.7 Å². The molecule has 0 N–H and O–H groups in total. The van der Waals surface area contributed by atoms with Crippen molar-refractivity contribution >= 4 is 10.0 Å². The minimum Gasteiger partial charge on any atom is -0.216 e. The van der Waals surface area contributed by atoms with Gasteiger partial charge < -0.3 is 0 Å². The van der Waals surface area contributed by atoms with Crippen LogP contribution in [-0.4, -0.2) is 8.42 Å². The molecule has 1 aromatic rings. The topological polar surface area (TPSA) is 82.9 Å². The van der Waals surface area contributed by atoms with Crippen LogP contribution in [0.15, 0.2) is 33.7 Å². The van der Waals surface area contributed by atoms with Crippen LogP contribution in [0.2, 0.25) is 0 Å². The third kappa shape index (κ3) is 8.37. The molecule has 0 atom stereocenters. The fraction of sp³-hybridized carbons (Fsp3) is 0.667. The highest BCUT2D eigenvalue weighted by molar-refractivity contribution is 7.90. The maximum atomic E-state index is 11.7. The van der Waals surface area contributed by atoms with E-state index < -0.39 is 10.0 Å². The van der Waals surface area contributed by atoms with E-state index in [1.165, 1.54) is 63.9 Å². The Morgan fingerprint density at radius 1 is 0.958 bits per heavy atom. The molecule has 0 heterocycles. The maximum absolute atomic E-state index is 11.7. The summed E-state index contributed by atoms with van der Waals surface area (Å²) >= 11 is 0. The minimum atomic E-state index is -3.88. The van der Waals surface area contributed by atoms with E-state index in [1.54, 1.807) is 12.1 Å². The monoisotopic (exact) mass is 351 g/mol. The largest absolute Gasteiger partial charge is 0.264 e. The van der Waals surface area contributed by atoms with Crippen molar-refractivity contribution in [3.63, 3.8) is 0 Å². The first kappa shape index (κ1) is 20.5. The summed E-state index contributed by atoms with van der Waals surface area (Å²) in [4.78, 5) is 2.45. The predicted octanol–water partition coefficient (Wildman–Crippen LogP) is 6.15. The molecule has 0 bridgehead atoms. The van der Waals surface area contributed by atoms with Crippen LogP contribution in [0.5, 0.6) is 0 Å². The molecule has 0 aliphatic heterocycles. The average molecular weight is 352 g/mol. The van der Waals surface area contributed by atoms with Gasteiger partial charge in [0.15, 0.2) is 0 Å². The minimum absolute atomic E-state index is 0.0740. The molecule has 134 valence electrons. The van der Waals surface area contributed by atoms with Crippen molar-refractivity contribution in [3.8, 4) is 0 Å². The zero-order valence-corrected chi connectivity index (χ0v) is 15.5. The Hall–Kier alpha value is -1.52. The maximum Gasteiger partial charge on any atom is 0.264 e. The summed E-state index contributed by atoms with van der Waals surface area (Å²) in [7, 11) is -3.88. The van der Waals surface area contributed by atoms with Crippen molar-refractivity contribution in [1.29, 1.82) is 0 Å². The van der Waals surface area contributed by atoms with Crippen LogP contribution < -0.4 is 0 Å². The zero-order chi connectivity index (χ0) is 17.7. The molecule has 0 saturated heterocycles. The second kappa shape index (κ2) is 11.9. The molecule has 24 heavy (non-hydrogen) atoms. The van der Waals surface area contributed by atoms with E-state index in [4.69, 9.17) is 5.53 Å². The average Bonchev–Trinajstić information content (AvgIpc) is 2.57. The summed E-state index contributed by atoms with van der Waals surface area (Å²) in [5.41, 5.74) is 9.29. The number of unbranched alkanes of at least 4 members (excludes halogenated alkanes) is 9. The fourth-order valence-electron chi connectivity index (χ4n) is 2.77. The SMILES string of the molecule is CCCCCCCCCCCCc1cccc(S(=O)(=O)N=[N+]=[N-])c1. The molecule has 0 aromatic heterocycles. The van der Waals surface area contributed by atoms with E-state index in [0.717, 1.165) is 18.4 Å². The molecule has 6 heteroatoms. The Kier molecular flexibility index (Phi) is 10.2. The highest BCUT2D eigenvalue weighted by atomic mass is 32.2. The van der Waals surface area contributed by atoms with Gasteiger partial charge >= 0.3 is 0 Å². The van der Waals surface area contributed by atoms with E-state index in [-0.39, 0.29) is 4.90 Å². The first-order chi connectivity index (χ1) is 11.6. The molecule has 1 rings (SSSR count). The van der Waals surface area contributed by atoms with Crippen molar-refractivity contribution in [2.24, 2.45) is 4.52 Å². The summed E-state index contributed by atoms with van der Waals surface area (Å²) in [6, 6.07) is 6.69. The lowest BCUT2D eigenvalue weighted by Gasteiger charge is -2.05. The number of rotatable bonds is 13. The standard InChI is InChI=1S/C18H29N3O2S/c1-2-3-4-5-6-7-8-9-10-11-13-17-14-12-15-18(16-17)24(22,23)21-20-19/h12,14-16H,2-11,13H2,1H3. The van der Waals surface area contributed by atoms with E-state index in [9.17, 15) is 8.42 Å². The lowest BCUT2D eigenvalue weighted by molar-refractivity contribution is 0.556. The first-order valence-electron chi connectivity index (χ1n) is 9.00. The van der Waals surface area contributed by atoms with Crippen LogP contribution in [0, 0.1) is 0 Å². The summed E-state index contributed by atoms with van der Waals surface area (Å²) in [5, 5.41) is 0. The third-order valence-corrected chi connectivity index (χ3v) is 5.30. The van der Waals surface area contributed by atoms with Crippen LogP contribution in [0.3, 0.4) is 0 Å². The van der Waals surface area contributed by atoms with Gasteiger partial charge in [0.05, 0.1) is 4.90 Å². The number of hydrogen-bond acceptors (Lipinski definition) is 2. The molecule has 0 spiro atoms. The fourth-order valence-corrected chi connectivity index (χ4v) is 3.51. The summed E-state index contributed by atoms with van der Waals surface area (Å²) in [6.45, 7) is 2.24. The smallest absolute Gasteiger partial charge is 0.216 e. The predicted molar refractivity (Wildman–Crippen MR) is 98.3 cm³/mol. The summed E-state index contributed by atoms with van der Waals surface area (Å²) in [6.07, 6.45) is 13.7. The number of nitrogens with zero attached hydrogens (tertiary/aromatic N) is 3. The molecule has 0 amide bonds. The molecule has 0 radical (unpaired) electrons. The van der Waals surface area contributed by atoms with Crippen molar-refractivity contribution < 1.29 is 8.42 Å². The number of aryl methyl sites for hydroxylation is 1. The lowest BCUT2D eigenvalue weighted by Crippen LogP contribution is -1.96. The Balaban J connectivity index is 2.23. The molecule has 0 saturated carbocycles. The molecule has 0 unspecified atom stereocenters. The van der Waals surface area contributed by atoms with Crippen LogP contribution in [-0.2, 0) is 16.4 Å². The van der Waals surface area contributed by atoms with Gasteiger partial charge in [0.25, 0.3) is 10.0 Å². The second-order valence-corrected chi connectivity index (χ2v) is 7.81. The van der Waals surface area contributed by atoms with E-state index in [1.807, 2.05) is 6.07 Å². The Labute approximate surface area is 146 Å². The molecule has 5 nitrogen and oxygen atoms in total. The normalized spacial score (nSPS) is 11.2. The Morgan fingerprint density at radius 2 is 1.54 bits per heavy atom. The number of benzene rings is 1. The van der Waals surface area contributed by atoms with E-state index in [0.29, 0.717) is 0 Å². The van der Waals surface area contributed by atoms with Crippen molar-refractivity contribution in [2.75, 3.05) is 0 Å². The quantitative estimate of drug-likeness (QED) is 0.185. The molecule has 1 aromatic carbocycles. The van der Waals surface area contributed by atoms with Gasteiger partial charge in [-0.3, -0.25) is 0 Å². The Morgan fingerprint density at radius 3 is 2.12 bits per heavy atom. The van der Waals surface area contributed by atoms with Crippen molar-refractivity contribution in [1.82, 2.24) is 0 Å². The summed E-state index contributed by atoms with van der Waals surface area (Å²) < 4.78 is 26.3. The number of sulfonamides is 1. The van der Waals surface area contributed by atoms with Gasteiger partial charge in [-0.15, -0.1) is 0 Å². The highest BCUT2D eigenvalue weighted by Gasteiger charge is 2.11. The zero-order valence-electron chi connectivity index (χ0n) is 14.7. The molecular formula is C18H29N3O2S. The molecular weight excluding hydrogens is 322 g/mol. The van der Waals surface area contributed by atoms with Gasteiger partial charge in [-0.1, -0.05) is 76.8 Å². The molecule has 0 aliphatic carbocycles. The number of hydrogen-bond donors (Lipinski definition) is 0. The van der Waals surface area contributed by atoms with Gasteiger partial charge in [-0.05, 0) is 36.1 Å². The number of azide groups is 1. The summed E-state index contributed by atoms with van der Waals surface area (Å²) in [5.74, 6) is 0. The third-order valence-electron chi connectivity index (χ3n) is 4.16. The Bertz CT molecular complexity index is 623. The van der Waals surface area contributed by atoms with Crippen LogP contribution in [0.4, 0.5) is 0 Å².